The Kier molecular flexibility index (Phi) is 13.1. The molecule has 2 aromatic rings. The number of aryl methyl sites for hydroxylation is 1. The molecular formula is C30H40N6O7. The molecule has 13 heteroatoms. The molecule has 0 heterocycles. The zero-order chi connectivity index (χ0) is 32.1. The standard InChI is InChI=1S/C30H40N6O7/c1-5-25(39)32-17-27(41)36(22-14-21(37)12-11-19(22)4)23(13-20-9-7-6-8-10-20)29(42)34-16-26(40)35-28(18(2)3)30(43)33-15-24(31)38/h6-12,14,18,23,28,37H,5,13,15-17H2,1-4H3,(H2,31,38)(H,32,39)(H,33,43)(H,34,42)(H,35,40)/t23-,28-/m0/s1. The molecule has 0 spiro atoms. The van der Waals surface area contributed by atoms with Crippen LogP contribution in [0.2, 0.25) is 0 Å². The SMILES string of the molecule is CCC(=O)NCC(=O)N(c1cc(O)ccc1C)[C@@H](Cc1ccccc1)C(=O)NCC(=O)N[C@H](C(=O)NCC(N)=O)C(C)C. The van der Waals surface area contributed by atoms with Crippen LogP contribution >= 0.6 is 0 Å². The molecule has 0 unspecified atom stereocenters. The average Bonchev–Trinajstić information content (AvgIpc) is 2.97. The summed E-state index contributed by atoms with van der Waals surface area (Å²) in [6.45, 7) is 5.41. The number of hydrogen-bond acceptors (Lipinski definition) is 7. The van der Waals surface area contributed by atoms with E-state index < -0.39 is 61.3 Å². The zero-order valence-electron chi connectivity index (χ0n) is 24.8. The van der Waals surface area contributed by atoms with Crippen LogP contribution in [0.4, 0.5) is 5.69 Å². The van der Waals surface area contributed by atoms with Gasteiger partial charge >= 0.3 is 0 Å². The van der Waals surface area contributed by atoms with Crippen LogP contribution in [0.1, 0.15) is 38.3 Å². The Morgan fingerprint density at radius 3 is 2.12 bits per heavy atom. The fraction of sp³-hybridized carbons (Fsp3) is 0.400. The lowest BCUT2D eigenvalue weighted by atomic mass is 10.0. The van der Waals surface area contributed by atoms with Gasteiger partial charge in [0, 0.05) is 18.9 Å². The number of primary amides is 1. The van der Waals surface area contributed by atoms with Crippen LogP contribution in [0, 0.1) is 12.8 Å². The van der Waals surface area contributed by atoms with Gasteiger partial charge in [0.2, 0.25) is 35.4 Å². The summed E-state index contributed by atoms with van der Waals surface area (Å²) in [6, 6.07) is 11.1. The molecule has 232 valence electrons. The van der Waals surface area contributed by atoms with Crippen molar-refractivity contribution in [2.24, 2.45) is 11.7 Å². The van der Waals surface area contributed by atoms with Crippen molar-refractivity contribution in [1.82, 2.24) is 21.3 Å². The lowest BCUT2D eigenvalue weighted by Crippen LogP contribution is -2.56. The van der Waals surface area contributed by atoms with Crippen LogP contribution in [0.3, 0.4) is 0 Å². The number of phenols is 1. The van der Waals surface area contributed by atoms with Gasteiger partial charge < -0.3 is 32.1 Å². The van der Waals surface area contributed by atoms with E-state index in [0.717, 1.165) is 0 Å². The highest BCUT2D eigenvalue weighted by atomic mass is 16.3. The van der Waals surface area contributed by atoms with Crippen LogP contribution in [-0.2, 0) is 35.2 Å². The number of nitrogens with zero attached hydrogens (tertiary/aromatic N) is 1. The number of hydrogen-bond donors (Lipinski definition) is 6. The maximum atomic E-state index is 13.7. The van der Waals surface area contributed by atoms with Gasteiger partial charge in [-0.25, -0.2) is 0 Å². The third kappa shape index (κ3) is 10.8. The van der Waals surface area contributed by atoms with E-state index in [1.54, 1.807) is 64.1 Å². The minimum Gasteiger partial charge on any atom is -0.508 e. The Bertz CT molecular complexity index is 1320. The second-order valence-corrected chi connectivity index (χ2v) is 10.3. The number of amides is 6. The van der Waals surface area contributed by atoms with Gasteiger partial charge in [0.05, 0.1) is 25.3 Å². The quantitative estimate of drug-likeness (QED) is 0.166. The summed E-state index contributed by atoms with van der Waals surface area (Å²) < 4.78 is 0. The van der Waals surface area contributed by atoms with E-state index in [9.17, 15) is 33.9 Å². The molecule has 0 aliphatic rings. The first kappa shape index (κ1) is 34.3. The number of nitrogens with one attached hydrogen (secondary N) is 4. The number of anilines is 1. The van der Waals surface area contributed by atoms with Crippen LogP contribution in [0.5, 0.6) is 5.75 Å². The topological polar surface area (TPSA) is 200 Å². The van der Waals surface area contributed by atoms with Gasteiger partial charge in [0.1, 0.15) is 17.8 Å². The molecular weight excluding hydrogens is 556 g/mol. The summed E-state index contributed by atoms with van der Waals surface area (Å²) in [5.74, 6) is -4.17. The number of aromatic hydroxyl groups is 1. The molecule has 0 fully saturated rings. The van der Waals surface area contributed by atoms with Crippen LogP contribution in [0.15, 0.2) is 48.5 Å². The van der Waals surface area contributed by atoms with Crippen molar-refractivity contribution in [3.63, 3.8) is 0 Å². The molecule has 13 nitrogen and oxygen atoms in total. The van der Waals surface area contributed by atoms with Gasteiger partial charge in [-0.15, -0.1) is 0 Å². The molecule has 43 heavy (non-hydrogen) atoms. The number of phenolic OH excluding ortho intramolecular Hbond substituents is 1. The molecule has 0 bridgehead atoms. The van der Waals surface area contributed by atoms with Crippen LogP contribution in [0.25, 0.3) is 0 Å². The highest BCUT2D eigenvalue weighted by molar-refractivity contribution is 6.04. The molecule has 2 aromatic carbocycles. The zero-order valence-corrected chi connectivity index (χ0v) is 24.8. The van der Waals surface area contributed by atoms with Gasteiger partial charge in [-0.2, -0.15) is 0 Å². The number of nitrogens with two attached hydrogens (primary N) is 1. The van der Waals surface area contributed by atoms with E-state index >= 15 is 0 Å². The van der Waals surface area contributed by atoms with Crippen molar-refractivity contribution < 1.29 is 33.9 Å². The van der Waals surface area contributed by atoms with Gasteiger partial charge in [-0.1, -0.05) is 57.2 Å². The highest BCUT2D eigenvalue weighted by Gasteiger charge is 2.33. The first-order valence-electron chi connectivity index (χ1n) is 13.9. The first-order valence-corrected chi connectivity index (χ1v) is 13.9. The van der Waals surface area contributed by atoms with E-state index in [0.29, 0.717) is 11.1 Å². The molecule has 0 saturated heterocycles. The fourth-order valence-electron chi connectivity index (χ4n) is 4.19. The third-order valence-corrected chi connectivity index (χ3v) is 6.49. The van der Waals surface area contributed by atoms with Crippen molar-refractivity contribution in [2.45, 2.75) is 52.6 Å². The number of carbonyl (C=O) groups excluding carboxylic acids is 6. The minimum atomic E-state index is -1.19. The molecule has 0 saturated carbocycles. The van der Waals surface area contributed by atoms with Crippen molar-refractivity contribution in [3.05, 3.63) is 59.7 Å². The Morgan fingerprint density at radius 2 is 1.51 bits per heavy atom. The highest BCUT2D eigenvalue weighted by Crippen LogP contribution is 2.28. The van der Waals surface area contributed by atoms with E-state index in [1.807, 2.05) is 0 Å². The number of rotatable bonds is 15. The van der Waals surface area contributed by atoms with Gasteiger partial charge in [0.25, 0.3) is 0 Å². The maximum absolute atomic E-state index is 13.7. The molecule has 0 aromatic heterocycles. The maximum Gasteiger partial charge on any atom is 0.247 e. The van der Waals surface area contributed by atoms with Gasteiger partial charge in [0.15, 0.2) is 0 Å². The number of carbonyl (C=O) groups is 6. The smallest absolute Gasteiger partial charge is 0.247 e. The summed E-state index contributed by atoms with van der Waals surface area (Å²) >= 11 is 0. The minimum absolute atomic E-state index is 0.0427. The molecule has 2 rings (SSSR count). The summed E-state index contributed by atoms with van der Waals surface area (Å²) in [4.78, 5) is 76.8. The normalized spacial score (nSPS) is 12.0. The summed E-state index contributed by atoms with van der Waals surface area (Å²) in [7, 11) is 0. The van der Waals surface area contributed by atoms with Crippen molar-refractivity contribution in [3.8, 4) is 5.75 Å². The van der Waals surface area contributed by atoms with Gasteiger partial charge in [-0.3, -0.25) is 33.7 Å². The second kappa shape index (κ2) is 16.5. The van der Waals surface area contributed by atoms with Crippen molar-refractivity contribution in [2.75, 3.05) is 24.5 Å². The Labute approximate surface area is 250 Å². The molecule has 2 atom stereocenters. The molecule has 0 aliphatic heterocycles. The molecule has 7 N–H and O–H groups in total. The van der Waals surface area contributed by atoms with E-state index in [4.69, 9.17) is 5.73 Å². The average molecular weight is 597 g/mol. The predicted octanol–water partition coefficient (Wildman–Crippen LogP) is 0.0296. The largest absolute Gasteiger partial charge is 0.508 e. The Balaban J connectivity index is 2.37. The monoisotopic (exact) mass is 596 g/mol. The predicted molar refractivity (Wildman–Crippen MR) is 160 cm³/mol. The molecule has 6 amide bonds. The van der Waals surface area contributed by atoms with Crippen molar-refractivity contribution in [1.29, 1.82) is 0 Å². The van der Waals surface area contributed by atoms with Crippen LogP contribution in [-0.4, -0.2) is 72.3 Å². The molecule has 0 radical (unpaired) electrons. The summed E-state index contributed by atoms with van der Waals surface area (Å²) in [5, 5.41) is 20.2. The van der Waals surface area contributed by atoms with E-state index in [-0.39, 0.29) is 36.1 Å². The second-order valence-electron chi connectivity index (χ2n) is 10.3. The summed E-state index contributed by atoms with van der Waals surface area (Å²) in [5.41, 5.74) is 6.63. The first-order chi connectivity index (χ1) is 20.3. The van der Waals surface area contributed by atoms with Gasteiger partial charge in [-0.05, 0) is 30.0 Å². The third-order valence-electron chi connectivity index (χ3n) is 6.49. The molecule has 0 aliphatic carbocycles. The Morgan fingerprint density at radius 1 is 0.860 bits per heavy atom. The lowest BCUT2D eigenvalue weighted by Gasteiger charge is -2.32. The van der Waals surface area contributed by atoms with E-state index in [2.05, 4.69) is 21.3 Å². The van der Waals surface area contributed by atoms with Crippen LogP contribution < -0.4 is 31.9 Å². The fourth-order valence-corrected chi connectivity index (χ4v) is 4.19. The van der Waals surface area contributed by atoms with E-state index in [1.165, 1.54) is 17.0 Å². The Hall–Kier alpha value is -4.94. The number of benzene rings is 2. The summed E-state index contributed by atoms with van der Waals surface area (Å²) in [6.07, 6.45) is 0.195. The van der Waals surface area contributed by atoms with Crippen molar-refractivity contribution >= 4 is 41.1 Å². The lowest BCUT2D eigenvalue weighted by molar-refractivity contribution is -0.132.